The van der Waals surface area contributed by atoms with Crippen molar-refractivity contribution in [2.75, 3.05) is 6.61 Å². The van der Waals surface area contributed by atoms with Gasteiger partial charge < -0.3 is 27.2 Å². The van der Waals surface area contributed by atoms with Gasteiger partial charge in [0.15, 0.2) is 11.6 Å². The van der Waals surface area contributed by atoms with Crippen LogP contribution >= 0.6 is 12.6 Å². The molecule has 11 heteroatoms. The number of carbonyl (C=O) groups is 4. The molecular formula is C25H34NNaO8S. The molecule has 4 rings (SSSR count). The van der Waals surface area contributed by atoms with Gasteiger partial charge in [-0.1, -0.05) is 12.5 Å². The molecule has 1 amide bonds. The summed E-state index contributed by atoms with van der Waals surface area (Å²) in [5.41, 5.74) is 2.35. The summed E-state index contributed by atoms with van der Waals surface area (Å²) >= 11 is 4.01. The molecule has 0 radical (unpaired) electrons. The van der Waals surface area contributed by atoms with Gasteiger partial charge in [0.05, 0.1) is 23.2 Å². The fourth-order valence-corrected chi connectivity index (χ4v) is 7.70. The molecule has 0 aromatic carbocycles. The van der Waals surface area contributed by atoms with Gasteiger partial charge in [-0.15, -0.1) is 0 Å². The number of thiol groups is 1. The van der Waals surface area contributed by atoms with Gasteiger partial charge in [-0.2, -0.15) is 12.6 Å². The molecule has 0 spiro atoms. The average molecular weight is 532 g/mol. The molecule has 3 fully saturated rings. The van der Waals surface area contributed by atoms with Crippen LogP contribution in [0.2, 0.25) is 0 Å². The number of hydrogen-bond donors (Lipinski definition) is 5. The van der Waals surface area contributed by atoms with Crippen LogP contribution in [-0.2, 0) is 23.9 Å². The molecule has 1 unspecified atom stereocenters. The maximum absolute atomic E-state index is 12.6. The van der Waals surface area contributed by atoms with Gasteiger partial charge in [0.25, 0.3) is 0 Å². The molecule has 3 saturated carbocycles. The van der Waals surface area contributed by atoms with Crippen LogP contribution in [0.5, 0.6) is 0 Å². The Balaban J connectivity index is 0.00000241. The van der Waals surface area contributed by atoms with Gasteiger partial charge >= 0.3 is 35.5 Å². The molecule has 0 bridgehead atoms. The van der Waals surface area contributed by atoms with Gasteiger partial charge in [-0.3, -0.25) is 19.2 Å². The number of ketones is 2. The first-order chi connectivity index (χ1) is 16.3. The summed E-state index contributed by atoms with van der Waals surface area (Å²) in [5.74, 6) is -3.03. The number of primary amides is 1. The van der Waals surface area contributed by atoms with Crippen LogP contribution in [0.25, 0.3) is 0 Å². The van der Waals surface area contributed by atoms with E-state index in [0.29, 0.717) is 19.3 Å². The van der Waals surface area contributed by atoms with E-state index in [1.807, 2.05) is 13.8 Å². The molecule has 0 saturated heterocycles. The minimum atomic E-state index is -1.72. The molecular weight excluding hydrogens is 497 g/mol. The Morgan fingerprint density at radius 1 is 1.28 bits per heavy atom. The van der Waals surface area contributed by atoms with Crippen LogP contribution in [0.1, 0.15) is 53.8 Å². The summed E-state index contributed by atoms with van der Waals surface area (Å²) in [6.45, 7) is 2.89. The predicted molar refractivity (Wildman–Crippen MR) is 128 cm³/mol. The first-order valence-corrected chi connectivity index (χ1v) is 12.5. The third-order valence-corrected chi connectivity index (χ3v) is 9.74. The van der Waals surface area contributed by atoms with Crippen molar-refractivity contribution in [3.05, 3.63) is 23.5 Å². The Morgan fingerprint density at radius 2 is 1.94 bits per heavy atom. The van der Waals surface area contributed by atoms with Crippen molar-refractivity contribution in [1.29, 1.82) is 0 Å². The molecule has 0 aromatic heterocycles. The van der Waals surface area contributed by atoms with Crippen LogP contribution in [0, 0.1) is 28.6 Å². The van der Waals surface area contributed by atoms with Gasteiger partial charge in [0.2, 0.25) is 5.91 Å². The molecule has 5 N–H and O–H groups in total. The minimum Gasteiger partial charge on any atom is -1.00 e. The SMILES string of the molecule is C[C@@]12C(=CC(=O)C=C1OC(=O)CC(S)C(N)=O)CC[C@@H]1[C@@H]2[C@@H](O)C[C@@]2(C)[C@H]1CC[C@]2(O)C(=O)CO.[H-].[Na+]. The second kappa shape index (κ2) is 10.3. The number of ether oxygens (including phenoxy) is 1. The zero-order valence-electron chi connectivity index (χ0n) is 21.9. The molecule has 194 valence electrons. The number of amides is 1. The van der Waals surface area contributed by atoms with Crippen LogP contribution in [-0.4, -0.2) is 62.3 Å². The van der Waals surface area contributed by atoms with E-state index >= 15 is 0 Å². The monoisotopic (exact) mass is 531 g/mol. The van der Waals surface area contributed by atoms with Crippen LogP contribution in [0.4, 0.5) is 0 Å². The summed E-state index contributed by atoms with van der Waals surface area (Å²) in [6.07, 6.45) is 3.50. The number of carbonyl (C=O) groups excluding carboxylic acids is 4. The summed E-state index contributed by atoms with van der Waals surface area (Å²) in [7, 11) is 0. The van der Waals surface area contributed by atoms with Crippen molar-refractivity contribution >= 4 is 36.1 Å². The number of Topliss-reactive ketones (excluding diaryl/α,β-unsaturated/α-hetero) is 1. The van der Waals surface area contributed by atoms with E-state index in [1.165, 1.54) is 12.2 Å². The molecule has 4 aliphatic carbocycles. The second-order valence-corrected chi connectivity index (χ2v) is 11.5. The molecule has 8 atom stereocenters. The Morgan fingerprint density at radius 3 is 2.56 bits per heavy atom. The first kappa shape index (κ1) is 29.5. The maximum Gasteiger partial charge on any atom is 1.00 e. The van der Waals surface area contributed by atoms with Gasteiger partial charge in [-0.05, 0) is 56.9 Å². The van der Waals surface area contributed by atoms with E-state index in [0.717, 1.165) is 5.57 Å². The second-order valence-electron chi connectivity index (χ2n) is 10.9. The van der Waals surface area contributed by atoms with Crippen molar-refractivity contribution in [3.8, 4) is 0 Å². The Labute approximate surface area is 239 Å². The number of aliphatic hydroxyl groups excluding tert-OH is 2. The topological polar surface area (TPSA) is 164 Å². The summed E-state index contributed by atoms with van der Waals surface area (Å²) in [6, 6.07) is 0. The van der Waals surface area contributed by atoms with Crippen molar-refractivity contribution in [1.82, 2.24) is 0 Å². The number of nitrogens with two attached hydrogens (primary N) is 1. The first-order valence-electron chi connectivity index (χ1n) is 12.0. The van der Waals surface area contributed by atoms with E-state index in [9.17, 15) is 34.5 Å². The fraction of sp³-hybridized carbons (Fsp3) is 0.680. The smallest absolute Gasteiger partial charge is 1.00 e. The number of rotatable bonds is 6. The molecule has 0 heterocycles. The van der Waals surface area contributed by atoms with E-state index in [-0.39, 0.29) is 73.6 Å². The van der Waals surface area contributed by atoms with E-state index < -0.39 is 58.0 Å². The van der Waals surface area contributed by atoms with Crippen molar-refractivity contribution < 1.29 is 70.2 Å². The zero-order chi connectivity index (χ0) is 25.9. The zero-order valence-corrected chi connectivity index (χ0v) is 23.8. The maximum atomic E-state index is 12.6. The standard InChI is InChI=1S/C25H33NO8S.Na.H/c1-23-10-16(29)21-14(15(23)5-6-25(23,33)18(30)11-27)4-3-12-7-13(28)8-19(24(12,21)2)34-20(31)9-17(35)22(26)32;;/h7-8,14-17,21,27,29,33,35H,3-6,9-11H2,1-2H3,(H2,26,32);;/q;+1;-1/t14-,15-,16-,17?,21+,23-,24+,25-;;/m0../s1. The molecule has 9 nitrogen and oxygen atoms in total. The van der Waals surface area contributed by atoms with Gasteiger partial charge in [0, 0.05) is 17.4 Å². The fourth-order valence-electron chi connectivity index (χ4n) is 7.55. The molecule has 0 aliphatic heterocycles. The van der Waals surface area contributed by atoms with Crippen molar-refractivity contribution in [2.45, 2.75) is 69.3 Å². The number of hydrogen-bond acceptors (Lipinski definition) is 9. The van der Waals surface area contributed by atoms with E-state index in [1.54, 1.807) is 0 Å². The Kier molecular flexibility index (Phi) is 8.44. The minimum absolute atomic E-state index is 0. The quantitative estimate of drug-likeness (QED) is 0.145. The average Bonchev–Trinajstić information content (AvgIpc) is 3.04. The molecule has 4 aliphatic rings. The van der Waals surface area contributed by atoms with Crippen LogP contribution < -0.4 is 35.3 Å². The third kappa shape index (κ3) is 4.36. The normalized spacial score (nSPS) is 39.9. The largest absolute Gasteiger partial charge is 1.00 e. The van der Waals surface area contributed by atoms with Crippen molar-refractivity contribution in [2.24, 2.45) is 34.3 Å². The summed E-state index contributed by atoms with van der Waals surface area (Å²) < 4.78 is 5.64. The van der Waals surface area contributed by atoms with E-state index in [4.69, 9.17) is 10.5 Å². The van der Waals surface area contributed by atoms with Gasteiger partial charge in [0.1, 0.15) is 18.0 Å². The summed E-state index contributed by atoms with van der Waals surface area (Å²) in [5, 5.41) is 31.3. The molecule has 0 aromatic rings. The molecule has 36 heavy (non-hydrogen) atoms. The van der Waals surface area contributed by atoms with Crippen LogP contribution in [0.3, 0.4) is 0 Å². The van der Waals surface area contributed by atoms with Crippen LogP contribution in [0.15, 0.2) is 23.5 Å². The summed E-state index contributed by atoms with van der Waals surface area (Å²) in [4.78, 5) is 49.0. The third-order valence-electron chi connectivity index (χ3n) is 9.31. The Hall–Kier alpha value is -1.01. The number of fused-ring (bicyclic) bond motifs is 5. The number of allylic oxidation sites excluding steroid dienone is 3. The van der Waals surface area contributed by atoms with Crippen molar-refractivity contribution in [3.63, 3.8) is 0 Å². The predicted octanol–water partition coefficient (Wildman–Crippen LogP) is -2.28. The Bertz CT molecular complexity index is 1050. The number of esters is 1. The van der Waals surface area contributed by atoms with E-state index in [2.05, 4.69) is 12.6 Å². The van der Waals surface area contributed by atoms with Gasteiger partial charge in [-0.25, -0.2) is 0 Å². The number of aliphatic hydroxyl groups is 3.